The molecule has 3 aromatic carbocycles. The van der Waals surface area contributed by atoms with Crippen LogP contribution < -0.4 is 10.2 Å². The van der Waals surface area contributed by atoms with Crippen LogP contribution in [0.2, 0.25) is 0 Å². The van der Waals surface area contributed by atoms with Gasteiger partial charge >= 0.3 is 0 Å². The van der Waals surface area contributed by atoms with E-state index < -0.39 is 5.54 Å². The molecule has 1 heterocycles. The van der Waals surface area contributed by atoms with E-state index in [4.69, 9.17) is 4.74 Å². The summed E-state index contributed by atoms with van der Waals surface area (Å²) in [5.74, 6) is 0.996. The zero-order chi connectivity index (χ0) is 28.5. The van der Waals surface area contributed by atoms with E-state index >= 15 is 0 Å². The number of carbonyl (C=O) groups is 2. The first-order valence-electron chi connectivity index (χ1n) is 15.8. The summed E-state index contributed by atoms with van der Waals surface area (Å²) < 4.78 is 5.51. The molecule has 42 heavy (non-hydrogen) atoms. The molecule has 6 heteroatoms. The molecule has 3 aliphatic carbocycles. The summed E-state index contributed by atoms with van der Waals surface area (Å²) >= 11 is 0. The lowest BCUT2D eigenvalue weighted by molar-refractivity contribution is -0.150. The Morgan fingerprint density at radius 3 is 2.19 bits per heavy atom. The standard InChI is InChI=1S/C36H41N3O3/c40-34(22-26-6-2-1-3-7-26)39(33-14-15-33)36(17-16-29-23-27-8-4-5-9-28(27)24-30(29)25-36)35(41)37-31-10-12-32(13-11-31)38-18-20-42-21-19-38/h1-13,29-30,33H,14-25H2,(H,37,41)/t29-,30+,36+/m1/s1. The van der Waals surface area contributed by atoms with E-state index in [9.17, 15) is 9.59 Å². The van der Waals surface area contributed by atoms with Crippen LogP contribution in [0, 0.1) is 11.8 Å². The minimum absolute atomic E-state index is 0.0211. The monoisotopic (exact) mass is 563 g/mol. The minimum atomic E-state index is -0.844. The predicted molar refractivity (Wildman–Crippen MR) is 166 cm³/mol. The lowest BCUT2D eigenvalue weighted by Crippen LogP contribution is -2.63. The maximum atomic E-state index is 14.6. The maximum absolute atomic E-state index is 14.6. The highest BCUT2D eigenvalue weighted by molar-refractivity contribution is 6.01. The molecule has 0 spiro atoms. The second-order valence-corrected chi connectivity index (χ2v) is 12.7. The predicted octanol–water partition coefficient (Wildman–Crippen LogP) is 5.65. The third-order valence-electron chi connectivity index (χ3n) is 10.0. The highest BCUT2D eigenvalue weighted by Crippen LogP contribution is 2.49. The Hall–Kier alpha value is -3.64. The van der Waals surface area contributed by atoms with Crippen molar-refractivity contribution in [1.82, 2.24) is 4.90 Å². The van der Waals surface area contributed by atoms with Gasteiger partial charge in [-0.15, -0.1) is 0 Å². The molecule has 1 N–H and O–H groups in total. The zero-order valence-corrected chi connectivity index (χ0v) is 24.3. The molecule has 6 nitrogen and oxygen atoms in total. The first-order chi connectivity index (χ1) is 20.6. The van der Waals surface area contributed by atoms with Crippen LogP contribution in [0.4, 0.5) is 11.4 Å². The molecule has 2 amide bonds. The van der Waals surface area contributed by atoms with Gasteiger partial charge in [0.15, 0.2) is 0 Å². The van der Waals surface area contributed by atoms with E-state index in [1.807, 2.05) is 47.4 Å². The summed E-state index contributed by atoms with van der Waals surface area (Å²) in [4.78, 5) is 33.1. The summed E-state index contributed by atoms with van der Waals surface area (Å²) in [6, 6.07) is 27.1. The number of fused-ring (bicyclic) bond motifs is 2. The molecule has 3 atom stereocenters. The summed E-state index contributed by atoms with van der Waals surface area (Å²) in [7, 11) is 0. The largest absolute Gasteiger partial charge is 0.378 e. The van der Waals surface area contributed by atoms with Crippen molar-refractivity contribution in [3.05, 3.63) is 95.6 Å². The quantitative estimate of drug-likeness (QED) is 0.404. The lowest BCUT2D eigenvalue weighted by Gasteiger charge is -2.51. The van der Waals surface area contributed by atoms with Gasteiger partial charge < -0.3 is 19.9 Å². The fourth-order valence-corrected chi connectivity index (χ4v) is 7.73. The topological polar surface area (TPSA) is 61.9 Å². The highest BCUT2D eigenvalue weighted by Gasteiger charge is 2.55. The Labute approximate surface area is 249 Å². The van der Waals surface area contributed by atoms with Crippen LogP contribution in [0.5, 0.6) is 0 Å². The zero-order valence-electron chi connectivity index (χ0n) is 24.3. The van der Waals surface area contributed by atoms with Crippen molar-refractivity contribution < 1.29 is 14.3 Å². The average molecular weight is 564 g/mol. The third kappa shape index (κ3) is 5.45. The van der Waals surface area contributed by atoms with Gasteiger partial charge in [-0.1, -0.05) is 54.6 Å². The van der Waals surface area contributed by atoms with Gasteiger partial charge in [0.05, 0.1) is 19.6 Å². The van der Waals surface area contributed by atoms with Gasteiger partial charge in [-0.3, -0.25) is 9.59 Å². The second-order valence-electron chi connectivity index (χ2n) is 12.7. The van der Waals surface area contributed by atoms with Crippen molar-refractivity contribution in [3.63, 3.8) is 0 Å². The van der Waals surface area contributed by atoms with E-state index in [0.29, 0.717) is 24.7 Å². The SMILES string of the molecule is O=C(Cc1ccccc1)N(C1CC1)[C@@]1(C(=O)Nc2ccc(N3CCOCC3)cc2)CC[C@@H]2Cc3ccccc3C[C@H]2C1. The molecule has 0 unspecified atom stereocenters. The molecule has 4 aliphatic rings. The smallest absolute Gasteiger partial charge is 0.250 e. The fraction of sp³-hybridized carbons (Fsp3) is 0.444. The number of carbonyl (C=O) groups excluding carboxylic acids is 2. The van der Waals surface area contributed by atoms with Crippen molar-refractivity contribution in [2.75, 3.05) is 36.5 Å². The Morgan fingerprint density at radius 1 is 0.833 bits per heavy atom. The Bertz CT molecular complexity index is 1410. The molecule has 3 fully saturated rings. The van der Waals surface area contributed by atoms with Gasteiger partial charge in [-0.05, 0) is 97.7 Å². The maximum Gasteiger partial charge on any atom is 0.250 e. The highest BCUT2D eigenvalue weighted by atomic mass is 16.5. The number of nitrogens with one attached hydrogen (secondary N) is 1. The molecule has 0 aromatic heterocycles. The van der Waals surface area contributed by atoms with Crippen LogP contribution in [0.1, 0.15) is 48.8 Å². The fourth-order valence-electron chi connectivity index (χ4n) is 7.73. The number of amides is 2. The van der Waals surface area contributed by atoms with Gasteiger partial charge in [-0.2, -0.15) is 0 Å². The average Bonchev–Trinajstić information content (AvgIpc) is 3.86. The molecule has 0 radical (unpaired) electrons. The van der Waals surface area contributed by atoms with Gasteiger partial charge in [0.2, 0.25) is 11.8 Å². The first kappa shape index (κ1) is 27.2. The number of nitrogens with zero attached hydrogens (tertiary/aromatic N) is 2. The number of ether oxygens (including phenoxy) is 1. The summed E-state index contributed by atoms with van der Waals surface area (Å²) in [5, 5.41) is 3.30. The Balaban J connectivity index is 1.18. The van der Waals surface area contributed by atoms with Crippen molar-refractivity contribution >= 4 is 23.2 Å². The van der Waals surface area contributed by atoms with Crippen molar-refractivity contribution in [2.45, 2.75) is 62.9 Å². The van der Waals surface area contributed by atoms with E-state index in [0.717, 1.165) is 81.8 Å². The van der Waals surface area contributed by atoms with Crippen LogP contribution in [0.3, 0.4) is 0 Å². The van der Waals surface area contributed by atoms with Crippen LogP contribution in [0.15, 0.2) is 78.9 Å². The number of rotatable bonds is 7. The first-order valence-corrected chi connectivity index (χ1v) is 15.8. The molecule has 2 saturated carbocycles. The number of hydrogen-bond donors (Lipinski definition) is 1. The van der Waals surface area contributed by atoms with Crippen LogP contribution >= 0.6 is 0 Å². The van der Waals surface area contributed by atoms with Crippen LogP contribution in [-0.4, -0.2) is 54.6 Å². The van der Waals surface area contributed by atoms with E-state index in [-0.39, 0.29) is 17.9 Å². The van der Waals surface area contributed by atoms with Crippen molar-refractivity contribution in [2.24, 2.45) is 11.8 Å². The normalized spacial score (nSPS) is 25.2. The molecular weight excluding hydrogens is 522 g/mol. The lowest BCUT2D eigenvalue weighted by atomic mass is 9.62. The Kier molecular flexibility index (Phi) is 7.49. The second kappa shape index (κ2) is 11.6. The molecule has 1 aliphatic heterocycles. The molecular formula is C36H41N3O3. The Morgan fingerprint density at radius 2 is 1.50 bits per heavy atom. The summed E-state index contributed by atoms with van der Waals surface area (Å²) in [6.07, 6.45) is 6.73. The minimum Gasteiger partial charge on any atom is -0.378 e. The summed E-state index contributed by atoms with van der Waals surface area (Å²) in [5.41, 5.74) is 4.95. The number of anilines is 2. The van der Waals surface area contributed by atoms with Crippen LogP contribution in [0.25, 0.3) is 0 Å². The van der Waals surface area contributed by atoms with E-state index in [2.05, 4.69) is 46.6 Å². The van der Waals surface area contributed by atoms with E-state index in [1.165, 1.54) is 11.1 Å². The molecule has 0 bridgehead atoms. The molecule has 1 saturated heterocycles. The molecule has 218 valence electrons. The van der Waals surface area contributed by atoms with Gasteiger partial charge in [0.1, 0.15) is 5.54 Å². The van der Waals surface area contributed by atoms with Crippen LogP contribution in [-0.2, 0) is 33.6 Å². The van der Waals surface area contributed by atoms with Crippen molar-refractivity contribution in [1.29, 1.82) is 0 Å². The third-order valence-corrected chi connectivity index (χ3v) is 10.0. The number of benzene rings is 3. The molecule has 3 aromatic rings. The summed E-state index contributed by atoms with van der Waals surface area (Å²) in [6.45, 7) is 3.23. The van der Waals surface area contributed by atoms with Crippen molar-refractivity contribution in [3.8, 4) is 0 Å². The number of hydrogen-bond acceptors (Lipinski definition) is 4. The van der Waals surface area contributed by atoms with Gasteiger partial charge in [-0.25, -0.2) is 0 Å². The van der Waals surface area contributed by atoms with E-state index in [1.54, 1.807) is 0 Å². The van der Waals surface area contributed by atoms with Gasteiger partial charge in [0.25, 0.3) is 0 Å². The number of morpholine rings is 1. The molecule has 7 rings (SSSR count). The van der Waals surface area contributed by atoms with Gasteiger partial charge in [0, 0.05) is 30.5 Å².